The van der Waals surface area contributed by atoms with Crippen molar-refractivity contribution in [2.24, 2.45) is 0 Å². The van der Waals surface area contributed by atoms with Crippen molar-refractivity contribution in [2.45, 2.75) is 12.8 Å². The summed E-state index contributed by atoms with van der Waals surface area (Å²) in [5.74, 6) is -15.7. The first kappa shape index (κ1) is 21.0. The second kappa shape index (κ2) is 8.36. The fraction of sp³-hybridized carbons (Fsp3) is 0.100. The van der Waals surface area contributed by atoms with Crippen LogP contribution in [0.2, 0.25) is 0 Å². The van der Waals surface area contributed by atoms with Gasteiger partial charge in [0, 0.05) is 6.42 Å². The van der Waals surface area contributed by atoms with Crippen molar-refractivity contribution in [3.8, 4) is 5.75 Å². The van der Waals surface area contributed by atoms with Crippen molar-refractivity contribution in [1.82, 2.24) is 0 Å². The number of phenols is 1. The Balaban J connectivity index is 1.92. The second-order valence-electron chi connectivity index (χ2n) is 5.97. The van der Waals surface area contributed by atoms with Gasteiger partial charge in [-0.05, 0) is 24.6 Å². The van der Waals surface area contributed by atoms with E-state index in [4.69, 9.17) is 9.47 Å². The SMILES string of the molecule is O=C(OC1=C(OC(=O)c2c(F)c(F)c(F)c(F)c2F)CCC=C1)c1ccccc1O. The largest absolute Gasteiger partial charge is 0.507 e. The summed E-state index contributed by atoms with van der Waals surface area (Å²) in [5.41, 5.74) is -1.99. The zero-order valence-corrected chi connectivity index (χ0v) is 14.8. The molecule has 2 aromatic rings. The number of esters is 2. The van der Waals surface area contributed by atoms with Crippen molar-refractivity contribution in [3.63, 3.8) is 0 Å². The molecule has 3 rings (SSSR count). The lowest BCUT2D eigenvalue weighted by Gasteiger charge is -2.16. The summed E-state index contributed by atoms with van der Waals surface area (Å²) in [4.78, 5) is 24.3. The molecule has 156 valence electrons. The molecule has 0 aromatic heterocycles. The summed E-state index contributed by atoms with van der Waals surface area (Å²) in [5, 5.41) is 9.70. The average Bonchev–Trinajstić information content (AvgIpc) is 2.72. The Hall–Kier alpha value is -3.69. The van der Waals surface area contributed by atoms with Crippen LogP contribution in [0.15, 0.2) is 47.9 Å². The molecule has 0 amide bonds. The Labute approximate surface area is 165 Å². The van der Waals surface area contributed by atoms with Gasteiger partial charge in [0.1, 0.15) is 16.9 Å². The molecule has 0 atom stereocenters. The number of benzene rings is 2. The molecular weight excluding hydrogens is 415 g/mol. The van der Waals surface area contributed by atoms with Gasteiger partial charge in [-0.25, -0.2) is 31.5 Å². The number of para-hydroxylation sites is 1. The van der Waals surface area contributed by atoms with Crippen LogP contribution >= 0.6 is 0 Å². The highest BCUT2D eigenvalue weighted by Crippen LogP contribution is 2.28. The fourth-order valence-electron chi connectivity index (χ4n) is 2.56. The van der Waals surface area contributed by atoms with Crippen molar-refractivity contribution in [1.29, 1.82) is 0 Å². The number of hydrogen-bond acceptors (Lipinski definition) is 5. The van der Waals surface area contributed by atoms with Crippen molar-refractivity contribution >= 4 is 11.9 Å². The first-order chi connectivity index (χ1) is 14.2. The molecule has 0 radical (unpaired) electrons. The van der Waals surface area contributed by atoms with Crippen LogP contribution in [0.25, 0.3) is 0 Å². The molecule has 1 aliphatic carbocycles. The highest BCUT2D eigenvalue weighted by Gasteiger charge is 2.32. The molecule has 2 aromatic carbocycles. The number of carbonyl (C=O) groups is 2. The zero-order valence-electron chi connectivity index (χ0n) is 14.8. The topological polar surface area (TPSA) is 72.8 Å². The quantitative estimate of drug-likeness (QED) is 0.333. The van der Waals surface area contributed by atoms with Crippen molar-refractivity contribution < 1.29 is 46.1 Å². The number of ether oxygens (including phenoxy) is 2. The van der Waals surface area contributed by atoms with Gasteiger partial charge in [0.05, 0.1) is 0 Å². The van der Waals surface area contributed by atoms with E-state index in [9.17, 15) is 36.6 Å². The monoisotopic (exact) mass is 426 g/mol. The van der Waals surface area contributed by atoms with Crippen LogP contribution in [-0.2, 0) is 9.47 Å². The molecule has 0 saturated heterocycles. The summed E-state index contributed by atoms with van der Waals surface area (Å²) in [7, 11) is 0. The van der Waals surface area contributed by atoms with Crippen LogP contribution in [0.1, 0.15) is 33.6 Å². The van der Waals surface area contributed by atoms with E-state index < -0.39 is 46.6 Å². The van der Waals surface area contributed by atoms with E-state index in [0.29, 0.717) is 0 Å². The highest BCUT2D eigenvalue weighted by atomic mass is 19.2. The summed E-state index contributed by atoms with van der Waals surface area (Å²) < 4.78 is 77.3. The number of halogens is 5. The molecule has 30 heavy (non-hydrogen) atoms. The van der Waals surface area contributed by atoms with E-state index in [1.165, 1.54) is 36.4 Å². The first-order valence-corrected chi connectivity index (χ1v) is 8.35. The molecule has 0 spiro atoms. The van der Waals surface area contributed by atoms with E-state index in [1.54, 1.807) is 0 Å². The van der Waals surface area contributed by atoms with Crippen LogP contribution in [0.4, 0.5) is 22.0 Å². The molecule has 0 unspecified atom stereocenters. The number of rotatable bonds is 4. The maximum atomic E-state index is 13.8. The third-order valence-electron chi connectivity index (χ3n) is 4.04. The van der Waals surface area contributed by atoms with Gasteiger partial charge in [0.15, 0.2) is 34.8 Å². The van der Waals surface area contributed by atoms with Gasteiger partial charge in [-0.1, -0.05) is 18.2 Å². The van der Waals surface area contributed by atoms with Crippen LogP contribution in [0.3, 0.4) is 0 Å². The van der Waals surface area contributed by atoms with Crippen LogP contribution in [-0.4, -0.2) is 17.0 Å². The number of aromatic hydroxyl groups is 1. The second-order valence-corrected chi connectivity index (χ2v) is 5.97. The predicted molar refractivity (Wildman–Crippen MR) is 90.6 cm³/mol. The minimum atomic E-state index is -2.42. The molecule has 1 aliphatic rings. The number of allylic oxidation sites excluding steroid dienone is 3. The third kappa shape index (κ3) is 3.88. The fourth-order valence-corrected chi connectivity index (χ4v) is 2.56. The highest BCUT2D eigenvalue weighted by molar-refractivity contribution is 5.93. The summed E-state index contributed by atoms with van der Waals surface area (Å²) in [6.45, 7) is 0. The van der Waals surface area contributed by atoms with E-state index in [2.05, 4.69) is 0 Å². The molecule has 10 heteroatoms. The van der Waals surface area contributed by atoms with Gasteiger partial charge >= 0.3 is 11.9 Å². The number of carbonyl (C=O) groups excluding carboxylic acids is 2. The van der Waals surface area contributed by atoms with Gasteiger partial charge < -0.3 is 14.6 Å². The molecule has 0 bridgehead atoms. The molecular formula is C20H11F5O5. The van der Waals surface area contributed by atoms with Crippen molar-refractivity contribution in [2.75, 3.05) is 0 Å². The van der Waals surface area contributed by atoms with E-state index >= 15 is 0 Å². The molecule has 0 fully saturated rings. The normalized spacial score (nSPS) is 13.4. The molecule has 0 saturated carbocycles. The Morgan fingerprint density at radius 1 is 0.833 bits per heavy atom. The van der Waals surface area contributed by atoms with E-state index in [-0.39, 0.29) is 35.7 Å². The standard InChI is InChI=1S/C20H11F5O5/c21-14-13(15(22)17(24)18(25)16(14)23)20(28)30-12-8-4-3-7-11(12)29-19(27)9-5-1-2-6-10(9)26/h1-3,5-7,26H,4,8H2. The average molecular weight is 426 g/mol. The lowest BCUT2D eigenvalue weighted by Crippen LogP contribution is -2.17. The Kier molecular flexibility index (Phi) is 5.86. The summed E-state index contributed by atoms with van der Waals surface area (Å²) in [6.07, 6.45) is 2.96. The summed E-state index contributed by atoms with van der Waals surface area (Å²) in [6, 6.07) is 5.39. The van der Waals surface area contributed by atoms with E-state index in [0.717, 1.165) is 0 Å². The first-order valence-electron chi connectivity index (χ1n) is 8.35. The van der Waals surface area contributed by atoms with Crippen LogP contribution in [0.5, 0.6) is 5.75 Å². The molecule has 0 aliphatic heterocycles. The van der Waals surface area contributed by atoms with Gasteiger partial charge in [-0.3, -0.25) is 0 Å². The molecule has 5 nitrogen and oxygen atoms in total. The van der Waals surface area contributed by atoms with E-state index in [1.807, 2.05) is 0 Å². The zero-order chi connectivity index (χ0) is 22.0. The number of phenolic OH excluding ortho intramolecular Hbond substituents is 1. The molecule has 1 N–H and O–H groups in total. The minimum Gasteiger partial charge on any atom is -0.507 e. The minimum absolute atomic E-state index is 0.0684. The van der Waals surface area contributed by atoms with Gasteiger partial charge in [0.2, 0.25) is 5.82 Å². The Morgan fingerprint density at radius 3 is 2.07 bits per heavy atom. The predicted octanol–water partition coefficient (Wildman–Crippen LogP) is 4.66. The third-order valence-corrected chi connectivity index (χ3v) is 4.04. The van der Waals surface area contributed by atoms with Gasteiger partial charge in [-0.2, -0.15) is 0 Å². The smallest absolute Gasteiger partial charge is 0.349 e. The maximum absolute atomic E-state index is 13.8. The Bertz CT molecular complexity index is 1080. The number of hydrogen-bond donors (Lipinski definition) is 1. The molecule has 0 heterocycles. The van der Waals surface area contributed by atoms with Gasteiger partial charge in [-0.15, -0.1) is 0 Å². The van der Waals surface area contributed by atoms with Crippen molar-refractivity contribution in [3.05, 3.63) is 88.1 Å². The van der Waals surface area contributed by atoms with Gasteiger partial charge in [0.25, 0.3) is 0 Å². The van der Waals surface area contributed by atoms with Crippen LogP contribution in [0, 0.1) is 29.1 Å². The Morgan fingerprint density at radius 2 is 1.43 bits per heavy atom. The summed E-state index contributed by atoms with van der Waals surface area (Å²) >= 11 is 0. The van der Waals surface area contributed by atoms with Crippen LogP contribution < -0.4 is 0 Å². The lowest BCUT2D eigenvalue weighted by atomic mass is 10.1. The maximum Gasteiger partial charge on any atom is 0.349 e. The lowest BCUT2D eigenvalue weighted by molar-refractivity contribution is 0.0515.